The molecule has 1 saturated heterocycles. The summed E-state index contributed by atoms with van der Waals surface area (Å²) in [5.74, 6) is -0.714. The molecule has 4 rings (SSSR count). The van der Waals surface area contributed by atoms with E-state index < -0.39 is 5.82 Å². The molecule has 27 heavy (non-hydrogen) atoms. The molecule has 0 N–H and O–H groups in total. The van der Waals surface area contributed by atoms with E-state index in [2.05, 4.69) is 4.98 Å². The second-order valence-electron chi connectivity index (χ2n) is 6.48. The topological polar surface area (TPSA) is 42.4 Å². The van der Waals surface area contributed by atoms with Gasteiger partial charge in [0.2, 0.25) is 5.91 Å². The average molecular weight is 405 g/mol. The van der Waals surface area contributed by atoms with Crippen LogP contribution in [0.3, 0.4) is 0 Å². The molecule has 0 bridgehead atoms. The number of aromatic nitrogens is 1. The molecule has 1 atom stereocenters. The fraction of sp³-hybridized carbons (Fsp3) is 0.300. The lowest BCUT2D eigenvalue weighted by molar-refractivity contribution is -0.118. The summed E-state index contributed by atoms with van der Waals surface area (Å²) in [6.07, 6.45) is 1.73. The third-order valence-corrected chi connectivity index (χ3v) is 6.03. The molecule has 0 saturated carbocycles. The molecule has 1 aromatic heterocycles. The van der Waals surface area contributed by atoms with E-state index in [0.717, 1.165) is 23.1 Å². The van der Waals surface area contributed by atoms with E-state index in [1.54, 1.807) is 11.0 Å². The van der Waals surface area contributed by atoms with Crippen molar-refractivity contribution in [3.8, 4) is 0 Å². The van der Waals surface area contributed by atoms with E-state index in [1.807, 2.05) is 24.3 Å². The van der Waals surface area contributed by atoms with Gasteiger partial charge in [-0.3, -0.25) is 9.69 Å². The average Bonchev–Trinajstić information content (AvgIpc) is 3.31. The Labute approximate surface area is 165 Å². The van der Waals surface area contributed by atoms with Crippen molar-refractivity contribution in [1.82, 2.24) is 4.98 Å². The lowest BCUT2D eigenvalue weighted by Gasteiger charge is -2.23. The van der Waals surface area contributed by atoms with Gasteiger partial charge in [0.1, 0.15) is 5.82 Å². The molecule has 4 nitrogen and oxygen atoms in total. The zero-order chi connectivity index (χ0) is 18.8. The predicted octanol–water partition coefficient (Wildman–Crippen LogP) is 4.84. The Morgan fingerprint density at radius 3 is 2.89 bits per heavy atom. The molecule has 140 valence electrons. The van der Waals surface area contributed by atoms with Crippen molar-refractivity contribution < 1.29 is 13.9 Å². The first-order chi connectivity index (χ1) is 13.1. The van der Waals surface area contributed by atoms with Gasteiger partial charge in [0.15, 0.2) is 5.13 Å². The lowest BCUT2D eigenvalue weighted by atomic mass is 10.1. The van der Waals surface area contributed by atoms with E-state index in [9.17, 15) is 9.18 Å². The first-order valence-electron chi connectivity index (χ1n) is 8.82. The van der Waals surface area contributed by atoms with Crippen LogP contribution in [0.1, 0.15) is 18.4 Å². The van der Waals surface area contributed by atoms with Crippen LogP contribution in [-0.2, 0) is 16.0 Å². The van der Waals surface area contributed by atoms with Gasteiger partial charge in [0.05, 0.1) is 29.3 Å². The SMILES string of the molecule is O=C(Cc1c(F)cccc1Cl)N(C[C@@H]1CCCO1)c1nc2ccccc2s1. The Kier molecular flexibility index (Phi) is 5.38. The third kappa shape index (κ3) is 3.98. The van der Waals surface area contributed by atoms with Crippen molar-refractivity contribution in [2.24, 2.45) is 0 Å². The number of carbonyl (C=O) groups excluding carboxylic acids is 1. The molecule has 0 radical (unpaired) electrons. The summed E-state index contributed by atoms with van der Waals surface area (Å²) in [4.78, 5) is 19.3. The highest BCUT2D eigenvalue weighted by Crippen LogP contribution is 2.31. The van der Waals surface area contributed by atoms with Gasteiger partial charge in [0, 0.05) is 17.2 Å². The number of ether oxygens (including phenoxy) is 1. The number of para-hydroxylation sites is 1. The number of halogens is 2. The smallest absolute Gasteiger partial charge is 0.233 e. The lowest BCUT2D eigenvalue weighted by Crippen LogP contribution is -2.38. The number of benzene rings is 2. The van der Waals surface area contributed by atoms with Crippen molar-refractivity contribution >= 4 is 44.2 Å². The van der Waals surface area contributed by atoms with Crippen LogP contribution in [0, 0.1) is 5.82 Å². The Morgan fingerprint density at radius 2 is 2.15 bits per heavy atom. The van der Waals surface area contributed by atoms with Gasteiger partial charge < -0.3 is 4.74 Å². The van der Waals surface area contributed by atoms with Gasteiger partial charge in [-0.1, -0.05) is 41.1 Å². The quantitative estimate of drug-likeness (QED) is 0.610. The van der Waals surface area contributed by atoms with Crippen LogP contribution in [0.25, 0.3) is 10.2 Å². The molecular weight excluding hydrogens is 387 g/mol. The van der Waals surface area contributed by atoms with Crippen LogP contribution in [0.2, 0.25) is 5.02 Å². The van der Waals surface area contributed by atoms with Gasteiger partial charge >= 0.3 is 0 Å². The van der Waals surface area contributed by atoms with E-state index in [-0.39, 0.29) is 29.0 Å². The molecule has 3 aromatic rings. The van der Waals surface area contributed by atoms with Gasteiger partial charge in [-0.2, -0.15) is 0 Å². The van der Waals surface area contributed by atoms with Gasteiger partial charge in [-0.25, -0.2) is 9.37 Å². The summed E-state index contributed by atoms with van der Waals surface area (Å²) in [5.41, 5.74) is 1.05. The number of thiazole rings is 1. The molecule has 1 amide bonds. The summed E-state index contributed by atoms with van der Waals surface area (Å²) >= 11 is 7.56. The number of anilines is 1. The zero-order valence-corrected chi connectivity index (χ0v) is 16.1. The van der Waals surface area contributed by atoms with Gasteiger partial charge in [-0.15, -0.1) is 0 Å². The summed E-state index contributed by atoms with van der Waals surface area (Å²) < 4.78 is 20.9. The van der Waals surface area contributed by atoms with E-state index in [1.165, 1.54) is 23.5 Å². The number of amides is 1. The van der Waals surface area contributed by atoms with Crippen molar-refractivity contribution in [3.05, 3.63) is 58.9 Å². The van der Waals surface area contributed by atoms with E-state index in [4.69, 9.17) is 16.3 Å². The van der Waals surface area contributed by atoms with Crippen molar-refractivity contribution in [2.45, 2.75) is 25.4 Å². The normalized spacial score (nSPS) is 16.7. The maximum Gasteiger partial charge on any atom is 0.233 e. The molecule has 0 unspecified atom stereocenters. The van der Waals surface area contributed by atoms with Crippen LogP contribution in [-0.4, -0.2) is 30.1 Å². The number of carbonyl (C=O) groups is 1. The molecule has 0 aliphatic carbocycles. The first kappa shape index (κ1) is 18.3. The number of rotatable bonds is 5. The van der Waals surface area contributed by atoms with Crippen molar-refractivity contribution in [1.29, 1.82) is 0 Å². The standard InChI is InChI=1S/C20H18ClFN2O2S/c21-15-6-3-7-16(22)14(15)11-19(25)24(12-13-5-4-10-26-13)20-23-17-8-1-2-9-18(17)27-20/h1-3,6-9,13H,4-5,10-12H2/t13-/m0/s1. The van der Waals surface area contributed by atoms with Crippen LogP contribution in [0.15, 0.2) is 42.5 Å². The van der Waals surface area contributed by atoms with E-state index >= 15 is 0 Å². The summed E-state index contributed by atoms with van der Waals surface area (Å²) in [5, 5.41) is 0.855. The molecule has 2 aromatic carbocycles. The zero-order valence-electron chi connectivity index (χ0n) is 14.5. The molecule has 1 aliphatic heterocycles. The highest BCUT2D eigenvalue weighted by atomic mass is 35.5. The minimum atomic E-state index is -0.475. The van der Waals surface area contributed by atoms with Gasteiger partial charge in [-0.05, 0) is 37.1 Å². The Balaban J connectivity index is 1.65. The minimum Gasteiger partial charge on any atom is -0.376 e. The second kappa shape index (κ2) is 7.92. The number of nitrogens with zero attached hydrogens (tertiary/aromatic N) is 2. The van der Waals surface area contributed by atoms with Crippen molar-refractivity contribution in [2.75, 3.05) is 18.1 Å². The fourth-order valence-electron chi connectivity index (χ4n) is 3.20. The number of hydrogen-bond acceptors (Lipinski definition) is 4. The summed E-state index contributed by atoms with van der Waals surface area (Å²) in [6, 6.07) is 12.2. The second-order valence-corrected chi connectivity index (χ2v) is 7.90. The summed E-state index contributed by atoms with van der Waals surface area (Å²) in [7, 11) is 0. The summed E-state index contributed by atoms with van der Waals surface area (Å²) in [6.45, 7) is 1.11. The Bertz CT molecular complexity index is 918. The molecule has 1 aliphatic rings. The third-order valence-electron chi connectivity index (χ3n) is 4.61. The number of hydrogen-bond donors (Lipinski definition) is 0. The Morgan fingerprint density at radius 1 is 1.30 bits per heavy atom. The van der Waals surface area contributed by atoms with Crippen LogP contribution in [0.4, 0.5) is 9.52 Å². The Hall–Kier alpha value is -2.02. The molecule has 0 spiro atoms. The molecular formula is C20H18ClFN2O2S. The predicted molar refractivity (Wildman–Crippen MR) is 106 cm³/mol. The number of fused-ring (bicyclic) bond motifs is 1. The van der Waals surface area contributed by atoms with Crippen LogP contribution >= 0.6 is 22.9 Å². The largest absolute Gasteiger partial charge is 0.376 e. The molecule has 2 heterocycles. The van der Waals surface area contributed by atoms with Crippen LogP contribution < -0.4 is 4.90 Å². The monoisotopic (exact) mass is 404 g/mol. The minimum absolute atomic E-state index is 0.0305. The van der Waals surface area contributed by atoms with Crippen molar-refractivity contribution in [3.63, 3.8) is 0 Å². The van der Waals surface area contributed by atoms with E-state index in [0.29, 0.717) is 18.3 Å². The fourth-order valence-corrected chi connectivity index (χ4v) is 4.42. The first-order valence-corrected chi connectivity index (χ1v) is 10.0. The van der Waals surface area contributed by atoms with Gasteiger partial charge in [0.25, 0.3) is 0 Å². The highest BCUT2D eigenvalue weighted by molar-refractivity contribution is 7.22. The maximum absolute atomic E-state index is 14.2. The molecule has 1 fully saturated rings. The molecule has 7 heteroatoms. The van der Waals surface area contributed by atoms with Crippen LogP contribution in [0.5, 0.6) is 0 Å². The maximum atomic E-state index is 14.2. The highest BCUT2D eigenvalue weighted by Gasteiger charge is 2.27.